The van der Waals surface area contributed by atoms with Crippen LogP contribution < -0.4 is 19.5 Å². The second-order valence-corrected chi connectivity index (χ2v) is 5.09. The van der Waals surface area contributed by atoms with Gasteiger partial charge in [0.25, 0.3) is 0 Å². The largest absolute Gasteiger partial charge is 0.467 e. The van der Waals surface area contributed by atoms with E-state index in [2.05, 4.69) is 19.2 Å². The third kappa shape index (κ3) is 4.02. The maximum atomic E-state index is 5.66. The molecule has 0 amide bonds. The first-order valence-corrected chi connectivity index (χ1v) is 7.04. The molecule has 1 aliphatic rings. The summed E-state index contributed by atoms with van der Waals surface area (Å²) >= 11 is 0. The molecular weight excluding hydrogens is 258 g/mol. The van der Waals surface area contributed by atoms with Crippen LogP contribution >= 0.6 is 0 Å². The van der Waals surface area contributed by atoms with Gasteiger partial charge in [0, 0.05) is 24.8 Å². The van der Waals surface area contributed by atoms with E-state index in [1.807, 2.05) is 19.1 Å². The molecular formula is C15H23NO4. The van der Waals surface area contributed by atoms with Gasteiger partial charge in [0.2, 0.25) is 6.79 Å². The predicted molar refractivity (Wildman–Crippen MR) is 76.2 cm³/mol. The van der Waals surface area contributed by atoms with Crippen LogP contribution in [0.2, 0.25) is 0 Å². The third-order valence-corrected chi connectivity index (χ3v) is 2.93. The molecule has 1 aromatic rings. The maximum Gasteiger partial charge on any atom is 0.231 e. The topological polar surface area (TPSA) is 49.0 Å². The smallest absolute Gasteiger partial charge is 0.231 e. The molecule has 0 saturated carbocycles. The number of rotatable bonds is 8. The summed E-state index contributed by atoms with van der Waals surface area (Å²) in [6.45, 7) is 9.13. The van der Waals surface area contributed by atoms with Crippen LogP contribution in [0.4, 0.5) is 0 Å². The second-order valence-electron chi connectivity index (χ2n) is 5.09. The minimum atomic E-state index is 0.243. The number of benzene rings is 1. The highest BCUT2D eigenvalue weighted by Gasteiger charge is 2.18. The number of ether oxygens (including phenoxy) is 4. The minimum Gasteiger partial charge on any atom is -0.467 e. The first-order chi connectivity index (χ1) is 9.70. The summed E-state index contributed by atoms with van der Waals surface area (Å²) < 4.78 is 21.7. The summed E-state index contributed by atoms with van der Waals surface area (Å²) in [7, 11) is 0. The van der Waals surface area contributed by atoms with Crippen LogP contribution in [-0.2, 0) is 11.3 Å². The Morgan fingerprint density at radius 3 is 2.70 bits per heavy atom. The Morgan fingerprint density at radius 2 is 2.00 bits per heavy atom. The summed E-state index contributed by atoms with van der Waals surface area (Å²) in [6, 6.07) is 3.84. The van der Waals surface area contributed by atoms with Crippen molar-refractivity contribution in [2.75, 3.05) is 26.7 Å². The quantitative estimate of drug-likeness (QED) is 0.586. The molecule has 5 nitrogen and oxygen atoms in total. The van der Waals surface area contributed by atoms with Crippen molar-refractivity contribution < 1.29 is 18.9 Å². The zero-order valence-electron chi connectivity index (χ0n) is 12.4. The van der Waals surface area contributed by atoms with Crippen LogP contribution in [0, 0.1) is 5.92 Å². The van der Waals surface area contributed by atoms with Gasteiger partial charge in [-0.3, -0.25) is 0 Å². The molecule has 0 unspecified atom stereocenters. The van der Waals surface area contributed by atoms with E-state index < -0.39 is 0 Å². The lowest BCUT2D eigenvalue weighted by Crippen LogP contribution is -2.19. The number of fused-ring (bicyclic) bond motifs is 1. The summed E-state index contributed by atoms with van der Waals surface area (Å²) in [5.74, 6) is 2.88. The Bertz CT molecular complexity index is 434. The van der Waals surface area contributed by atoms with Gasteiger partial charge in [-0.2, -0.15) is 0 Å². The predicted octanol–water partition coefficient (Wildman–Crippen LogP) is 2.53. The number of hydrogen-bond acceptors (Lipinski definition) is 5. The summed E-state index contributed by atoms with van der Waals surface area (Å²) in [6.07, 6.45) is 0. The molecule has 1 N–H and O–H groups in total. The number of nitrogens with one attached hydrogen (secondary N) is 1. The molecule has 0 fully saturated rings. The van der Waals surface area contributed by atoms with Gasteiger partial charge in [-0.1, -0.05) is 13.8 Å². The molecule has 1 aromatic carbocycles. The van der Waals surface area contributed by atoms with Crippen LogP contribution in [0.15, 0.2) is 12.1 Å². The van der Waals surface area contributed by atoms with Gasteiger partial charge < -0.3 is 24.3 Å². The Labute approximate surface area is 120 Å². The van der Waals surface area contributed by atoms with E-state index in [1.165, 1.54) is 0 Å². The van der Waals surface area contributed by atoms with Gasteiger partial charge in [0.05, 0.1) is 0 Å². The van der Waals surface area contributed by atoms with Crippen molar-refractivity contribution in [3.05, 3.63) is 17.7 Å². The third-order valence-electron chi connectivity index (χ3n) is 2.93. The van der Waals surface area contributed by atoms with Gasteiger partial charge in [-0.15, -0.1) is 0 Å². The highest BCUT2D eigenvalue weighted by Crippen LogP contribution is 2.38. The Kier molecular flexibility index (Phi) is 5.49. The van der Waals surface area contributed by atoms with Gasteiger partial charge >= 0.3 is 0 Å². The molecule has 0 radical (unpaired) electrons. The Morgan fingerprint density at radius 1 is 1.25 bits per heavy atom. The number of hydrogen-bond donors (Lipinski definition) is 1. The Hall–Kier alpha value is -1.46. The first kappa shape index (κ1) is 14.9. The highest BCUT2D eigenvalue weighted by atomic mass is 16.7. The van der Waals surface area contributed by atoms with E-state index in [-0.39, 0.29) is 13.6 Å². The van der Waals surface area contributed by atoms with E-state index in [0.717, 1.165) is 35.9 Å². The fourth-order valence-corrected chi connectivity index (χ4v) is 1.92. The first-order valence-electron chi connectivity index (χ1n) is 7.04. The van der Waals surface area contributed by atoms with E-state index >= 15 is 0 Å². The maximum absolute atomic E-state index is 5.66. The van der Waals surface area contributed by atoms with E-state index in [0.29, 0.717) is 12.5 Å². The van der Waals surface area contributed by atoms with Crippen molar-refractivity contribution in [2.24, 2.45) is 5.92 Å². The molecule has 1 heterocycles. The lowest BCUT2D eigenvalue weighted by atomic mass is 10.1. The van der Waals surface area contributed by atoms with Crippen molar-refractivity contribution in [3.8, 4) is 17.2 Å². The molecule has 1 aliphatic heterocycles. The van der Waals surface area contributed by atoms with Crippen molar-refractivity contribution in [3.63, 3.8) is 0 Å². The Balaban J connectivity index is 2.05. The summed E-state index contributed by atoms with van der Waals surface area (Å²) in [5.41, 5.74) is 1.05. The average Bonchev–Trinajstić information content (AvgIpc) is 2.85. The zero-order valence-corrected chi connectivity index (χ0v) is 12.4. The standard InChI is InChI=1S/C15H23NO4/c1-4-17-9-18-13-6-15-14(19-10-20-15)5-12(13)8-16-7-11(2)3/h5-6,11,16H,4,7-10H2,1-3H3. The molecule has 5 heteroatoms. The van der Waals surface area contributed by atoms with Crippen LogP contribution in [-0.4, -0.2) is 26.7 Å². The van der Waals surface area contributed by atoms with Crippen molar-refractivity contribution >= 4 is 0 Å². The van der Waals surface area contributed by atoms with E-state index in [9.17, 15) is 0 Å². The fraction of sp³-hybridized carbons (Fsp3) is 0.600. The lowest BCUT2D eigenvalue weighted by molar-refractivity contribution is 0.0217. The molecule has 0 aromatic heterocycles. The monoisotopic (exact) mass is 281 g/mol. The van der Waals surface area contributed by atoms with Crippen molar-refractivity contribution in [1.29, 1.82) is 0 Å². The SMILES string of the molecule is CCOCOc1cc2c(cc1CNCC(C)C)OCO2. The molecule has 0 saturated heterocycles. The zero-order chi connectivity index (χ0) is 14.4. The normalized spacial score (nSPS) is 13.0. The van der Waals surface area contributed by atoms with E-state index in [1.54, 1.807) is 0 Å². The van der Waals surface area contributed by atoms with Crippen molar-refractivity contribution in [2.45, 2.75) is 27.3 Å². The fourth-order valence-electron chi connectivity index (χ4n) is 1.92. The summed E-state index contributed by atoms with van der Waals surface area (Å²) in [4.78, 5) is 0. The van der Waals surface area contributed by atoms with Crippen LogP contribution in [0.3, 0.4) is 0 Å². The van der Waals surface area contributed by atoms with Crippen LogP contribution in [0.1, 0.15) is 26.3 Å². The van der Waals surface area contributed by atoms with Crippen LogP contribution in [0.25, 0.3) is 0 Å². The minimum absolute atomic E-state index is 0.243. The molecule has 20 heavy (non-hydrogen) atoms. The molecule has 2 rings (SSSR count). The molecule has 112 valence electrons. The lowest BCUT2D eigenvalue weighted by Gasteiger charge is -2.14. The molecule has 0 aliphatic carbocycles. The van der Waals surface area contributed by atoms with Gasteiger partial charge in [-0.05, 0) is 25.5 Å². The van der Waals surface area contributed by atoms with E-state index in [4.69, 9.17) is 18.9 Å². The van der Waals surface area contributed by atoms with Gasteiger partial charge in [-0.25, -0.2) is 0 Å². The molecule has 0 atom stereocenters. The second kappa shape index (κ2) is 7.36. The highest BCUT2D eigenvalue weighted by molar-refractivity contribution is 5.51. The van der Waals surface area contributed by atoms with Crippen LogP contribution in [0.5, 0.6) is 17.2 Å². The van der Waals surface area contributed by atoms with Crippen molar-refractivity contribution in [1.82, 2.24) is 5.32 Å². The average molecular weight is 281 g/mol. The van der Waals surface area contributed by atoms with Gasteiger partial charge in [0.15, 0.2) is 18.3 Å². The molecule has 0 bridgehead atoms. The molecule has 0 spiro atoms. The summed E-state index contributed by atoms with van der Waals surface area (Å²) in [5, 5.41) is 3.41. The van der Waals surface area contributed by atoms with Gasteiger partial charge in [0.1, 0.15) is 5.75 Å².